The lowest BCUT2D eigenvalue weighted by Crippen LogP contribution is -2.01. The van der Waals surface area contributed by atoms with Crippen LogP contribution in [0, 0.1) is 5.92 Å². The lowest BCUT2D eigenvalue weighted by molar-refractivity contribution is 0.475. The van der Waals surface area contributed by atoms with Crippen LogP contribution in [0.25, 0.3) is 0 Å². The Balaban J connectivity index is 1.89. The summed E-state index contributed by atoms with van der Waals surface area (Å²) in [5.74, 6) is 0.801. The third-order valence-electron chi connectivity index (χ3n) is 8.34. The first-order chi connectivity index (χ1) is 18.6. The molecule has 0 heterocycles. The number of hydrogen-bond donors (Lipinski definition) is 0. The summed E-state index contributed by atoms with van der Waals surface area (Å²) in [6.07, 6.45) is 26.1. The lowest BCUT2D eigenvalue weighted by Gasteiger charge is -2.15. The van der Waals surface area contributed by atoms with Gasteiger partial charge in [0.05, 0.1) is 0 Å². The molecule has 0 spiro atoms. The van der Waals surface area contributed by atoms with E-state index in [0.29, 0.717) is 0 Å². The molecule has 0 aliphatic rings. The van der Waals surface area contributed by atoms with Crippen LogP contribution in [-0.2, 0) is 38.5 Å². The molecule has 38 heavy (non-hydrogen) atoms. The molecule has 0 fully saturated rings. The highest BCUT2D eigenvalue weighted by Gasteiger charge is 2.08. The van der Waals surface area contributed by atoms with Gasteiger partial charge in [0.25, 0.3) is 0 Å². The summed E-state index contributed by atoms with van der Waals surface area (Å²) in [7, 11) is 0. The van der Waals surface area contributed by atoms with Crippen molar-refractivity contribution in [2.24, 2.45) is 5.92 Å². The number of aryl methyl sites for hydroxylation is 6. The van der Waals surface area contributed by atoms with Crippen molar-refractivity contribution in [3.8, 4) is 0 Å². The van der Waals surface area contributed by atoms with Crippen LogP contribution in [-0.4, -0.2) is 0 Å². The van der Waals surface area contributed by atoms with E-state index in [9.17, 15) is 0 Å². The SMILES string of the molecule is CCCCCc1cc(CCCC)cc(CCCC(C)CCc2cc(CCCCC)cc(CCCCC)c2)c1. The average Bonchev–Trinajstić information content (AvgIpc) is 2.91. The molecule has 0 amide bonds. The molecule has 0 nitrogen and oxygen atoms in total. The molecule has 1 unspecified atom stereocenters. The Hall–Kier alpha value is -1.56. The van der Waals surface area contributed by atoms with Crippen molar-refractivity contribution in [1.82, 2.24) is 0 Å². The van der Waals surface area contributed by atoms with Gasteiger partial charge in [-0.2, -0.15) is 0 Å². The van der Waals surface area contributed by atoms with Gasteiger partial charge in [-0.1, -0.05) is 122 Å². The number of benzene rings is 2. The monoisotopic (exact) mass is 518 g/mol. The molecule has 2 aromatic carbocycles. The third kappa shape index (κ3) is 14.0. The van der Waals surface area contributed by atoms with Crippen molar-refractivity contribution in [1.29, 1.82) is 0 Å². The minimum atomic E-state index is 0.801. The van der Waals surface area contributed by atoms with Gasteiger partial charge >= 0.3 is 0 Å². The highest BCUT2D eigenvalue weighted by molar-refractivity contribution is 5.32. The number of rotatable bonds is 22. The first kappa shape index (κ1) is 32.7. The quantitative estimate of drug-likeness (QED) is 0.136. The Bertz CT molecular complexity index is 832. The van der Waals surface area contributed by atoms with Crippen LogP contribution in [0.3, 0.4) is 0 Å². The third-order valence-corrected chi connectivity index (χ3v) is 8.34. The van der Waals surface area contributed by atoms with Gasteiger partial charge in [0.15, 0.2) is 0 Å². The minimum Gasteiger partial charge on any atom is -0.0654 e. The Morgan fingerprint density at radius 1 is 0.368 bits per heavy atom. The first-order valence-corrected chi connectivity index (χ1v) is 16.8. The van der Waals surface area contributed by atoms with Gasteiger partial charge in [-0.05, 0) is 116 Å². The van der Waals surface area contributed by atoms with E-state index in [1.165, 1.54) is 128 Å². The van der Waals surface area contributed by atoms with Gasteiger partial charge in [0.2, 0.25) is 0 Å². The molecule has 214 valence electrons. The van der Waals surface area contributed by atoms with E-state index in [0.717, 1.165) is 5.92 Å². The maximum absolute atomic E-state index is 2.54. The Morgan fingerprint density at radius 3 is 1.05 bits per heavy atom. The van der Waals surface area contributed by atoms with Gasteiger partial charge in [-0.15, -0.1) is 0 Å². The Morgan fingerprint density at radius 2 is 0.684 bits per heavy atom. The van der Waals surface area contributed by atoms with E-state index in [1.54, 1.807) is 33.4 Å². The smallest absolute Gasteiger partial charge is 0.0276 e. The van der Waals surface area contributed by atoms with Crippen molar-refractivity contribution in [3.63, 3.8) is 0 Å². The molecular weight excluding hydrogens is 456 g/mol. The molecule has 0 heteroatoms. The van der Waals surface area contributed by atoms with Gasteiger partial charge in [-0.3, -0.25) is 0 Å². The second-order valence-electron chi connectivity index (χ2n) is 12.3. The summed E-state index contributed by atoms with van der Waals surface area (Å²) >= 11 is 0. The predicted molar refractivity (Wildman–Crippen MR) is 172 cm³/mol. The second kappa shape index (κ2) is 20.4. The summed E-state index contributed by atoms with van der Waals surface area (Å²) < 4.78 is 0. The van der Waals surface area contributed by atoms with E-state index in [1.807, 2.05) is 0 Å². The summed E-state index contributed by atoms with van der Waals surface area (Å²) in [6, 6.07) is 15.1. The van der Waals surface area contributed by atoms with Crippen LogP contribution in [0.2, 0.25) is 0 Å². The largest absolute Gasteiger partial charge is 0.0654 e. The van der Waals surface area contributed by atoms with Crippen LogP contribution in [0.5, 0.6) is 0 Å². The molecule has 2 aromatic rings. The molecule has 0 N–H and O–H groups in total. The molecule has 2 rings (SSSR count). The van der Waals surface area contributed by atoms with Crippen LogP contribution < -0.4 is 0 Å². The van der Waals surface area contributed by atoms with E-state index in [4.69, 9.17) is 0 Å². The molecule has 1 atom stereocenters. The van der Waals surface area contributed by atoms with E-state index in [2.05, 4.69) is 71.0 Å². The van der Waals surface area contributed by atoms with Crippen molar-refractivity contribution in [2.45, 2.75) is 163 Å². The maximum atomic E-state index is 2.54. The normalized spacial score (nSPS) is 12.2. The van der Waals surface area contributed by atoms with Gasteiger partial charge in [0.1, 0.15) is 0 Å². The van der Waals surface area contributed by atoms with Crippen LogP contribution >= 0.6 is 0 Å². The van der Waals surface area contributed by atoms with Gasteiger partial charge < -0.3 is 0 Å². The molecular formula is C38H62. The van der Waals surface area contributed by atoms with Crippen molar-refractivity contribution < 1.29 is 0 Å². The van der Waals surface area contributed by atoms with Crippen LogP contribution in [0.15, 0.2) is 36.4 Å². The second-order valence-corrected chi connectivity index (χ2v) is 12.3. The topological polar surface area (TPSA) is 0 Å². The fourth-order valence-electron chi connectivity index (χ4n) is 5.88. The highest BCUT2D eigenvalue weighted by atomic mass is 14.1. The van der Waals surface area contributed by atoms with E-state index >= 15 is 0 Å². The van der Waals surface area contributed by atoms with Gasteiger partial charge in [0, 0.05) is 0 Å². The summed E-state index contributed by atoms with van der Waals surface area (Å²) in [5, 5.41) is 0. The first-order valence-electron chi connectivity index (χ1n) is 16.8. The Kier molecular flexibility index (Phi) is 17.5. The van der Waals surface area contributed by atoms with Crippen molar-refractivity contribution in [2.75, 3.05) is 0 Å². The van der Waals surface area contributed by atoms with Crippen molar-refractivity contribution in [3.05, 3.63) is 69.8 Å². The van der Waals surface area contributed by atoms with Gasteiger partial charge in [-0.25, -0.2) is 0 Å². The highest BCUT2D eigenvalue weighted by Crippen LogP contribution is 2.22. The van der Waals surface area contributed by atoms with E-state index in [-0.39, 0.29) is 0 Å². The zero-order valence-corrected chi connectivity index (χ0v) is 26.2. The molecule has 0 saturated carbocycles. The molecule has 0 aliphatic heterocycles. The van der Waals surface area contributed by atoms with Crippen LogP contribution in [0.4, 0.5) is 0 Å². The number of unbranched alkanes of at least 4 members (excludes halogenated alkanes) is 7. The fraction of sp³-hybridized carbons (Fsp3) is 0.684. The molecule has 0 bridgehead atoms. The molecule has 0 aliphatic carbocycles. The zero-order valence-electron chi connectivity index (χ0n) is 26.2. The summed E-state index contributed by atoms with van der Waals surface area (Å²) in [5.41, 5.74) is 9.54. The number of hydrogen-bond acceptors (Lipinski definition) is 0. The van der Waals surface area contributed by atoms with Crippen LogP contribution in [0.1, 0.15) is 158 Å². The Labute approximate surface area is 238 Å². The van der Waals surface area contributed by atoms with Crippen molar-refractivity contribution >= 4 is 0 Å². The zero-order chi connectivity index (χ0) is 27.4. The van der Waals surface area contributed by atoms with E-state index < -0.39 is 0 Å². The minimum absolute atomic E-state index is 0.801. The average molecular weight is 519 g/mol. The summed E-state index contributed by atoms with van der Waals surface area (Å²) in [6.45, 7) is 11.7. The molecule has 0 radical (unpaired) electrons. The lowest BCUT2D eigenvalue weighted by atomic mass is 9.91. The standard InChI is InChI=1S/C38H62/c1-6-10-14-20-34-26-33(19-13-9-4)27-37(29-34)23-17-18-32(5)24-25-38-30-35(21-15-11-7-2)28-36(31-38)22-16-12-8-3/h26-32H,6-25H2,1-5H3. The maximum Gasteiger partial charge on any atom is -0.0276 e. The molecule has 0 saturated heterocycles. The molecule has 0 aromatic heterocycles. The fourth-order valence-corrected chi connectivity index (χ4v) is 5.88. The predicted octanol–water partition coefficient (Wildman–Crippen LogP) is 11.8. The summed E-state index contributed by atoms with van der Waals surface area (Å²) in [4.78, 5) is 0.